The van der Waals surface area contributed by atoms with E-state index in [4.69, 9.17) is 9.47 Å². The lowest BCUT2D eigenvalue weighted by molar-refractivity contribution is -0.0712. The zero-order valence-electron chi connectivity index (χ0n) is 13.9. The first-order valence-electron chi connectivity index (χ1n) is 8.24. The van der Waals surface area contributed by atoms with Gasteiger partial charge in [0.25, 0.3) is 0 Å². The van der Waals surface area contributed by atoms with Crippen molar-refractivity contribution < 1.29 is 9.47 Å². The molecule has 0 amide bonds. The quantitative estimate of drug-likeness (QED) is 0.916. The van der Waals surface area contributed by atoms with Crippen LogP contribution in [0.5, 0.6) is 5.75 Å². The molecule has 3 nitrogen and oxygen atoms in total. The first-order valence-corrected chi connectivity index (χ1v) is 9.40. The highest BCUT2D eigenvalue weighted by Crippen LogP contribution is 2.39. The Balaban J connectivity index is 1.68. The highest BCUT2D eigenvalue weighted by atomic mass is 32.2. The normalized spacial score (nSPS) is 29.7. The number of ether oxygens (including phenoxy) is 2. The number of hydrogen-bond donors (Lipinski definition) is 1. The minimum Gasteiger partial charge on any atom is -0.496 e. The number of benzene rings is 1. The summed E-state index contributed by atoms with van der Waals surface area (Å²) in [6.45, 7) is 5.26. The van der Waals surface area contributed by atoms with Gasteiger partial charge in [-0.25, -0.2) is 0 Å². The Labute approximate surface area is 138 Å². The van der Waals surface area contributed by atoms with Gasteiger partial charge >= 0.3 is 0 Å². The molecule has 2 fully saturated rings. The van der Waals surface area contributed by atoms with E-state index in [1.165, 1.54) is 23.3 Å². The highest BCUT2D eigenvalue weighted by Gasteiger charge is 2.40. The van der Waals surface area contributed by atoms with Crippen LogP contribution < -0.4 is 10.1 Å². The largest absolute Gasteiger partial charge is 0.496 e. The summed E-state index contributed by atoms with van der Waals surface area (Å²) >= 11 is 2.03. The van der Waals surface area contributed by atoms with E-state index in [1.807, 2.05) is 11.8 Å². The maximum atomic E-state index is 6.12. The van der Waals surface area contributed by atoms with Gasteiger partial charge in [0.15, 0.2) is 0 Å². The molecule has 0 radical (unpaired) electrons. The van der Waals surface area contributed by atoms with Crippen molar-refractivity contribution in [1.29, 1.82) is 0 Å². The van der Waals surface area contributed by atoms with Crippen LogP contribution in [0.3, 0.4) is 0 Å². The topological polar surface area (TPSA) is 30.5 Å². The summed E-state index contributed by atoms with van der Waals surface area (Å²) in [7, 11) is 1.75. The number of hydrogen-bond acceptors (Lipinski definition) is 4. The molecule has 3 rings (SSSR count). The molecule has 2 aliphatic heterocycles. The molecule has 0 unspecified atom stereocenters. The summed E-state index contributed by atoms with van der Waals surface area (Å²) in [5.41, 5.74) is 2.67. The lowest BCUT2D eigenvalue weighted by atomic mass is 9.89. The molecular formula is C18H27NO2S. The molecule has 0 saturated carbocycles. The SMILES string of the molecule is COc1ccc(C)cc1[C@H](C)N[C@H]1CCO[C@]2(CCSC2)C1. The van der Waals surface area contributed by atoms with Gasteiger partial charge in [-0.3, -0.25) is 0 Å². The molecule has 122 valence electrons. The third-order valence-corrected chi connectivity index (χ3v) is 6.12. The van der Waals surface area contributed by atoms with Crippen LogP contribution in [0.1, 0.15) is 43.4 Å². The van der Waals surface area contributed by atoms with Crippen LogP contribution in [-0.2, 0) is 4.74 Å². The van der Waals surface area contributed by atoms with E-state index in [0.29, 0.717) is 12.1 Å². The Morgan fingerprint density at radius 3 is 3.05 bits per heavy atom. The molecule has 3 atom stereocenters. The molecule has 2 heterocycles. The van der Waals surface area contributed by atoms with Crippen LogP contribution in [0.2, 0.25) is 0 Å². The molecule has 1 aromatic carbocycles. The van der Waals surface area contributed by atoms with Crippen LogP contribution in [0.25, 0.3) is 0 Å². The zero-order valence-corrected chi connectivity index (χ0v) is 14.7. The van der Waals surface area contributed by atoms with E-state index in [-0.39, 0.29) is 5.60 Å². The second-order valence-electron chi connectivity index (χ2n) is 6.66. The third-order valence-electron chi connectivity index (χ3n) is 4.90. The van der Waals surface area contributed by atoms with Crippen LogP contribution in [0.4, 0.5) is 0 Å². The number of rotatable bonds is 4. The molecule has 0 bridgehead atoms. The fourth-order valence-electron chi connectivity index (χ4n) is 3.67. The van der Waals surface area contributed by atoms with Gasteiger partial charge in [-0.15, -0.1) is 0 Å². The van der Waals surface area contributed by atoms with Gasteiger partial charge in [0.05, 0.1) is 12.7 Å². The van der Waals surface area contributed by atoms with Gasteiger partial charge in [-0.2, -0.15) is 11.8 Å². The van der Waals surface area contributed by atoms with Gasteiger partial charge < -0.3 is 14.8 Å². The predicted octanol–water partition coefficient (Wildman–Crippen LogP) is 3.71. The van der Waals surface area contributed by atoms with E-state index in [2.05, 4.69) is 37.4 Å². The zero-order chi connectivity index (χ0) is 15.6. The van der Waals surface area contributed by atoms with Crippen molar-refractivity contribution in [2.24, 2.45) is 0 Å². The van der Waals surface area contributed by atoms with Gasteiger partial charge in [0.2, 0.25) is 0 Å². The Hall–Kier alpha value is -0.710. The summed E-state index contributed by atoms with van der Waals surface area (Å²) in [4.78, 5) is 0. The monoisotopic (exact) mass is 321 g/mol. The first kappa shape index (κ1) is 16.2. The van der Waals surface area contributed by atoms with Gasteiger partial charge in [0, 0.05) is 30.0 Å². The van der Waals surface area contributed by atoms with E-state index in [0.717, 1.165) is 31.0 Å². The van der Waals surface area contributed by atoms with Crippen molar-refractivity contribution in [1.82, 2.24) is 5.32 Å². The number of methoxy groups -OCH3 is 1. The number of aryl methyl sites for hydroxylation is 1. The molecular weight excluding hydrogens is 294 g/mol. The van der Waals surface area contributed by atoms with Crippen molar-refractivity contribution in [3.8, 4) is 5.75 Å². The number of thioether (sulfide) groups is 1. The molecule has 2 saturated heterocycles. The summed E-state index contributed by atoms with van der Waals surface area (Å²) in [6.07, 6.45) is 3.45. The van der Waals surface area contributed by atoms with Crippen molar-refractivity contribution in [2.75, 3.05) is 25.2 Å². The van der Waals surface area contributed by atoms with Crippen molar-refractivity contribution in [2.45, 2.75) is 50.8 Å². The minimum absolute atomic E-state index is 0.136. The summed E-state index contributed by atoms with van der Waals surface area (Å²) in [5.74, 6) is 3.38. The van der Waals surface area contributed by atoms with E-state index >= 15 is 0 Å². The van der Waals surface area contributed by atoms with E-state index in [1.54, 1.807) is 7.11 Å². The maximum absolute atomic E-state index is 6.12. The summed E-state index contributed by atoms with van der Waals surface area (Å²) in [5, 5.41) is 3.82. The van der Waals surface area contributed by atoms with Crippen LogP contribution in [0, 0.1) is 6.92 Å². The predicted molar refractivity (Wildman–Crippen MR) is 92.9 cm³/mol. The molecule has 0 aliphatic carbocycles. The van der Waals surface area contributed by atoms with Crippen LogP contribution in [-0.4, -0.2) is 36.9 Å². The fourth-order valence-corrected chi connectivity index (χ4v) is 5.05. The molecule has 1 N–H and O–H groups in total. The van der Waals surface area contributed by atoms with Crippen LogP contribution in [0.15, 0.2) is 18.2 Å². The Morgan fingerprint density at radius 1 is 1.45 bits per heavy atom. The smallest absolute Gasteiger partial charge is 0.123 e. The first-order chi connectivity index (χ1) is 10.6. The number of nitrogens with one attached hydrogen (secondary N) is 1. The van der Waals surface area contributed by atoms with E-state index in [9.17, 15) is 0 Å². The van der Waals surface area contributed by atoms with Crippen LogP contribution >= 0.6 is 11.8 Å². The second kappa shape index (κ2) is 6.81. The van der Waals surface area contributed by atoms with Gasteiger partial charge in [-0.1, -0.05) is 17.7 Å². The Morgan fingerprint density at radius 2 is 2.32 bits per heavy atom. The third kappa shape index (κ3) is 3.44. The standard InChI is InChI=1S/C18H27NO2S/c1-13-4-5-17(20-3)16(10-13)14(2)19-15-6-8-21-18(11-15)7-9-22-12-18/h4-5,10,14-15,19H,6-9,11-12H2,1-3H3/t14-,15-,18+/m0/s1. The minimum atomic E-state index is 0.136. The van der Waals surface area contributed by atoms with Crippen molar-refractivity contribution in [3.05, 3.63) is 29.3 Å². The molecule has 1 spiro atoms. The van der Waals surface area contributed by atoms with Crippen molar-refractivity contribution >= 4 is 11.8 Å². The average Bonchev–Trinajstić information content (AvgIpc) is 2.95. The van der Waals surface area contributed by atoms with Gasteiger partial charge in [-0.05, 0) is 44.9 Å². The van der Waals surface area contributed by atoms with Crippen molar-refractivity contribution in [3.63, 3.8) is 0 Å². The van der Waals surface area contributed by atoms with Gasteiger partial charge in [0.1, 0.15) is 5.75 Å². The highest BCUT2D eigenvalue weighted by molar-refractivity contribution is 7.99. The average molecular weight is 321 g/mol. The molecule has 4 heteroatoms. The maximum Gasteiger partial charge on any atom is 0.123 e. The summed E-state index contributed by atoms with van der Waals surface area (Å²) < 4.78 is 11.7. The second-order valence-corrected chi connectivity index (χ2v) is 7.76. The Kier molecular flexibility index (Phi) is 5.00. The fraction of sp³-hybridized carbons (Fsp3) is 0.667. The molecule has 2 aliphatic rings. The molecule has 22 heavy (non-hydrogen) atoms. The summed E-state index contributed by atoms with van der Waals surface area (Å²) in [6, 6.07) is 7.24. The lowest BCUT2D eigenvalue weighted by Crippen LogP contribution is -2.47. The molecule has 1 aromatic rings. The Bertz CT molecular complexity index is 514. The lowest BCUT2D eigenvalue weighted by Gasteiger charge is -2.39. The van der Waals surface area contributed by atoms with E-state index < -0.39 is 0 Å². The molecule has 0 aromatic heterocycles.